The fraction of sp³-hybridized carbons (Fsp3) is 0. The van der Waals surface area contributed by atoms with Crippen molar-refractivity contribution < 1.29 is 4.79 Å². The van der Waals surface area contributed by atoms with Crippen LogP contribution in [0.25, 0.3) is 5.69 Å². The summed E-state index contributed by atoms with van der Waals surface area (Å²) in [5, 5.41) is 7.51. The van der Waals surface area contributed by atoms with Gasteiger partial charge in [0, 0.05) is 11.9 Å². The van der Waals surface area contributed by atoms with Crippen LogP contribution in [0.5, 0.6) is 0 Å². The van der Waals surface area contributed by atoms with Crippen molar-refractivity contribution in [2.24, 2.45) is 5.73 Å². The maximum absolute atomic E-state index is 11.6. The van der Waals surface area contributed by atoms with Crippen LogP contribution < -0.4 is 11.1 Å². The zero-order valence-corrected chi connectivity index (χ0v) is 11.2. The van der Waals surface area contributed by atoms with Gasteiger partial charge in [-0.3, -0.25) is 4.79 Å². The summed E-state index contributed by atoms with van der Waals surface area (Å²) in [5.41, 5.74) is 7.48. The summed E-state index contributed by atoms with van der Waals surface area (Å²) in [6.45, 7) is 0. The molecular weight excluding hydrogens is 264 g/mol. The number of nitrogens with zero attached hydrogens (tertiary/aromatic N) is 2. The molecule has 0 spiro atoms. The first-order valence-corrected chi connectivity index (χ1v) is 6.51. The van der Waals surface area contributed by atoms with E-state index in [2.05, 4.69) is 10.4 Å². The first-order chi connectivity index (χ1) is 10.2. The van der Waals surface area contributed by atoms with Gasteiger partial charge in [-0.2, -0.15) is 0 Å². The zero-order valence-electron chi connectivity index (χ0n) is 11.2. The lowest BCUT2D eigenvalue weighted by atomic mass is 10.3. The number of rotatable bonds is 4. The number of nitrogens with one attached hydrogen (secondary N) is 1. The minimum absolute atomic E-state index is 0.350. The lowest BCUT2D eigenvalue weighted by Crippen LogP contribution is -2.11. The Morgan fingerprint density at radius 1 is 1.00 bits per heavy atom. The second-order valence-electron chi connectivity index (χ2n) is 4.53. The molecule has 5 heteroatoms. The highest BCUT2D eigenvalue weighted by molar-refractivity contribution is 5.98. The van der Waals surface area contributed by atoms with Crippen LogP contribution in [0, 0.1) is 0 Å². The SMILES string of the molecule is NC(=O)c1cn(-c2ccccc2)nc1Nc1ccccc1. The number of anilines is 2. The van der Waals surface area contributed by atoms with Gasteiger partial charge >= 0.3 is 0 Å². The lowest BCUT2D eigenvalue weighted by Gasteiger charge is -2.03. The lowest BCUT2D eigenvalue weighted by molar-refractivity contribution is 0.100. The topological polar surface area (TPSA) is 72.9 Å². The molecule has 1 heterocycles. The van der Waals surface area contributed by atoms with E-state index in [0.717, 1.165) is 11.4 Å². The second kappa shape index (κ2) is 5.50. The molecule has 0 atom stereocenters. The third kappa shape index (κ3) is 2.76. The predicted molar refractivity (Wildman–Crippen MR) is 81.8 cm³/mol. The van der Waals surface area contributed by atoms with Crippen LogP contribution in [0.3, 0.4) is 0 Å². The van der Waals surface area contributed by atoms with Crippen LogP contribution in [-0.2, 0) is 0 Å². The first kappa shape index (κ1) is 12.9. The molecule has 2 aromatic carbocycles. The average Bonchev–Trinajstić information content (AvgIpc) is 2.93. The number of aromatic nitrogens is 2. The maximum Gasteiger partial charge on any atom is 0.254 e. The second-order valence-corrected chi connectivity index (χ2v) is 4.53. The Hall–Kier alpha value is -3.08. The van der Waals surface area contributed by atoms with Gasteiger partial charge in [0.05, 0.1) is 5.69 Å². The highest BCUT2D eigenvalue weighted by Gasteiger charge is 2.14. The monoisotopic (exact) mass is 278 g/mol. The van der Waals surface area contributed by atoms with Crippen LogP contribution in [-0.4, -0.2) is 15.7 Å². The normalized spacial score (nSPS) is 10.3. The quantitative estimate of drug-likeness (QED) is 0.770. The number of benzene rings is 2. The number of carbonyl (C=O) groups excluding carboxylic acids is 1. The summed E-state index contributed by atoms with van der Waals surface area (Å²) in [7, 11) is 0. The highest BCUT2D eigenvalue weighted by Crippen LogP contribution is 2.20. The number of amides is 1. The molecule has 0 aliphatic rings. The standard InChI is InChI=1S/C16H14N4O/c17-15(21)14-11-20(13-9-5-2-6-10-13)19-16(14)18-12-7-3-1-4-8-12/h1-11H,(H2,17,21)(H,18,19). The summed E-state index contributed by atoms with van der Waals surface area (Å²) >= 11 is 0. The number of para-hydroxylation sites is 2. The molecule has 1 amide bonds. The van der Waals surface area contributed by atoms with E-state index in [4.69, 9.17) is 5.73 Å². The van der Waals surface area contributed by atoms with Crippen LogP contribution in [0.4, 0.5) is 11.5 Å². The summed E-state index contributed by atoms with van der Waals surface area (Å²) in [6, 6.07) is 19.1. The number of hydrogen-bond acceptors (Lipinski definition) is 3. The molecule has 1 aromatic heterocycles. The summed E-state index contributed by atoms with van der Waals surface area (Å²) < 4.78 is 1.63. The fourth-order valence-electron chi connectivity index (χ4n) is 2.02. The third-order valence-electron chi connectivity index (χ3n) is 3.04. The van der Waals surface area contributed by atoms with Crippen LogP contribution in [0.2, 0.25) is 0 Å². The van der Waals surface area contributed by atoms with Crippen LogP contribution >= 0.6 is 0 Å². The molecule has 0 bridgehead atoms. The molecular formula is C16H14N4O. The molecule has 3 N–H and O–H groups in total. The molecule has 0 saturated heterocycles. The minimum Gasteiger partial charge on any atom is -0.365 e. The molecule has 5 nitrogen and oxygen atoms in total. The number of carbonyl (C=O) groups is 1. The highest BCUT2D eigenvalue weighted by atomic mass is 16.1. The van der Waals surface area contributed by atoms with E-state index < -0.39 is 5.91 Å². The molecule has 0 unspecified atom stereocenters. The van der Waals surface area contributed by atoms with E-state index in [9.17, 15) is 4.79 Å². The number of hydrogen-bond donors (Lipinski definition) is 2. The molecule has 21 heavy (non-hydrogen) atoms. The van der Waals surface area contributed by atoms with Crippen molar-refractivity contribution in [3.63, 3.8) is 0 Å². The van der Waals surface area contributed by atoms with E-state index >= 15 is 0 Å². The van der Waals surface area contributed by atoms with Crippen molar-refractivity contribution in [2.45, 2.75) is 0 Å². The van der Waals surface area contributed by atoms with E-state index in [1.807, 2.05) is 60.7 Å². The van der Waals surface area contributed by atoms with Gasteiger partial charge in [0.1, 0.15) is 5.56 Å². The Bertz CT molecular complexity index is 750. The van der Waals surface area contributed by atoms with Gasteiger partial charge in [-0.15, -0.1) is 5.10 Å². The van der Waals surface area contributed by atoms with E-state index in [0.29, 0.717) is 11.4 Å². The Morgan fingerprint density at radius 2 is 1.62 bits per heavy atom. The number of nitrogens with two attached hydrogens (primary N) is 1. The Balaban J connectivity index is 2.00. The molecule has 104 valence electrons. The first-order valence-electron chi connectivity index (χ1n) is 6.51. The van der Waals surface area contributed by atoms with Crippen molar-refractivity contribution in [3.8, 4) is 5.69 Å². The maximum atomic E-state index is 11.6. The van der Waals surface area contributed by atoms with E-state index in [1.165, 1.54) is 0 Å². The smallest absolute Gasteiger partial charge is 0.254 e. The number of primary amides is 1. The largest absolute Gasteiger partial charge is 0.365 e. The fourth-order valence-corrected chi connectivity index (χ4v) is 2.02. The average molecular weight is 278 g/mol. The summed E-state index contributed by atoms with van der Waals surface area (Å²) in [5.74, 6) is -0.0758. The van der Waals surface area contributed by atoms with Gasteiger partial charge in [-0.05, 0) is 24.3 Å². The molecule has 0 aliphatic heterocycles. The predicted octanol–water partition coefficient (Wildman–Crippen LogP) is 2.71. The third-order valence-corrected chi connectivity index (χ3v) is 3.04. The van der Waals surface area contributed by atoms with Gasteiger partial charge in [0.25, 0.3) is 5.91 Å². The molecule has 3 aromatic rings. The van der Waals surface area contributed by atoms with Crippen molar-refractivity contribution in [1.82, 2.24) is 9.78 Å². The van der Waals surface area contributed by atoms with Gasteiger partial charge in [0.15, 0.2) is 5.82 Å². The Kier molecular flexibility index (Phi) is 3.39. The zero-order chi connectivity index (χ0) is 14.7. The molecule has 0 fully saturated rings. The molecule has 0 aliphatic carbocycles. The minimum atomic E-state index is -0.518. The molecule has 0 radical (unpaired) electrons. The van der Waals surface area contributed by atoms with Crippen LogP contribution in [0.1, 0.15) is 10.4 Å². The Labute approximate surface area is 122 Å². The van der Waals surface area contributed by atoms with Gasteiger partial charge in [0.2, 0.25) is 0 Å². The van der Waals surface area contributed by atoms with Crippen molar-refractivity contribution in [2.75, 3.05) is 5.32 Å². The van der Waals surface area contributed by atoms with Gasteiger partial charge in [-0.1, -0.05) is 36.4 Å². The van der Waals surface area contributed by atoms with Gasteiger partial charge < -0.3 is 11.1 Å². The molecule has 0 saturated carbocycles. The van der Waals surface area contributed by atoms with Gasteiger partial charge in [-0.25, -0.2) is 4.68 Å². The van der Waals surface area contributed by atoms with Crippen molar-refractivity contribution in [3.05, 3.63) is 72.4 Å². The summed E-state index contributed by atoms with van der Waals surface area (Å²) in [4.78, 5) is 11.6. The molecule has 3 rings (SSSR count). The van der Waals surface area contributed by atoms with E-state index in [1.54, 1.807) is 10.9 Å². The van der Waals surface area contributed by atoms with E-state index in [-0.39, 0.29) is 0 Å². The summed E-state index contributed by atoms with van der Waals surface area (Å²) in [6.07, 6.45) is 1.63. The van der Waals surface area contributed by atoms with Crippen molar-refractivity contribution >= 4 is 17.4 Å². The van der Waals surface area contributed by atoms with Crippen LogP contribution in [0.15, 0.2) is 66.9 Å². The van der Waals surface area contributed by atoms with Crippen molar-refractivity contribution in [1.29, 1.82) is 0 Å². The Morgan fingerprint density at radius 3 is 2.24 bits per heavy atom.